The van der Waals surface area contributed by atoms with Crippen LogP contribution in [-0.2, 0) is 0 Å². The normalized spacial score (nSPS) is 13.7. The highest BCUT2D eigenvalue weighted by Crippen LogP contribution is 2.31. The summed E-state index contributed by atoms with van der Waals surface area (Å²) in [6.45, 7) is 7.88. The number of carbonyl (C=O) groups is 3. The van der Waals surface area contributed by atoms with Gasteiger partial charge in [-0.25, -0.2) is 4.98 Å². The molecule has 0 unspecified atom stereocenters. The number of anilines is 1. The molecule has 3 amide bonds. The van der Waals surface area contributed by atoms with Crippen LogP contribution in [0.5, 0.6) is 5.75 Å². The molecule has 0 bridgehead atoms. The molecule has 154 valence electrons. The molecule has 1 aliphatic heterocycles. The van der Waals surface area contributed by atoms with Gasteiger partial charge >= 0.3 is 0 Å². The second kappa shape index (κ2) is 7.21. The zero-order valence-electron chi connectivity index (χ0n) is 17.1. The number of benzene rings is 2. The van der Waals surface area contributed by atoms with E-state index in [-0.39, 0.29) is 17.4 Å². The maximum Gasteiger partial charge on any atom is 0.262 e. The Hall–Kier alpha value is -3.26. The molecule has 0 saturated heterocycles. The lowest BCUT2D eigenvalue weighted by Gasteiger charge is -2.29. The number of thiazole rings is 1. The van der Waals surface area contributed by atoms with Crippen molar-refractivity contribution in [2.24, 2.45) is 0 Å². The number of ether oxygens (including phenoxy) is 1. The molecule has 0 atom stereocenters. The van der Waals surface area contributed by atoms with Crippen LogP contribution in [0.4, 0.5) is 5.13 Å². The van der Waals surface area contributed by atoms with E-state index in [9.17, 15) is 14.4 Å². The van der Waals surface area contributed by atoms with Gasteiger partial charge in [0.2, 0.25) is 0 Å². The number of aromatic nitrogens is 1. The van der Waals surface area contributed by atoms with Crippen LogP contribution in [0.25, 0.3) is 10.2 Å². The smallest absolute Gasteiger partial charge is 0.262 e. The van der Waals surface area contributed by atoms with Gasteiger partial charge in [0.25, 0.3) is 17.7 Å². The average Bonchev–Trinajstić information content (AvgIpc) is 3.19. The topological polar surface area (TPSA) is 88.6 Å². The molecule has 0 radical (unpaired) electrons. The van der Waals surface area contributed by atoms with E-state index < -0.39 is 11.4 Å². The molecule has 1 aliphatic rings. The zero-order chi connectivity index (χ0) is 21.6. The predicted octanol–water partition coefficient (Wildman–Crippen LogP) is 4.34. The minimum absolute atomic E-state index is 0.244. The molecule has 0 fully saturated rings. The van der Waals surface area contributed by atoms with Crippen LogP contribution in [0.15, 0.2) is 36.4 Å². The van der Waals surface area contributed by atoms with Crippen LogP contribution >= 0.6 is 11.3 Å². The summed E-state index contributed by atoms with van der Waals surface area (Å²) < 4.78 is 6.39. The van der Waals surface area contributed by atoms with E-state index in [1.807, 2.05) is 25.1 Å². The first-order chi connectivity index (χ1) is 14.2. The van der Waals surface area contributed by atoms with Crippen molar-refractivity contribution >= 4 is 44.4 Å². The Labute approximate surface area is 177 Å². The lowest BCUT2D eigenvalue weighted by Crippen LogP contribution is -2.45. The summed E-state index contributed by atoms with van der Waals surface area (Å²) in [6, 6.07) is 10.1. The molecule has 2 aromatic carbocycles. The van der Waals surface area contributed by atoms with E-state index in [0.29, 0.717) is 22.9 Å². The number of imide groups is 1. The Morgan fingerprint density at radius 2 is 1.83 bits per heavy atom. The number of hydrogen-bond donors (Lipinski definition) is 1. The lowest BCUT2D eigenvalue weighted by atomic mass is 10.1. The summed E-state index contributed by atoms with van der Waals surface area (Å²) in [7, 11) is 0. The molecule has 0 aliphatic carbocycles. The highest BCUT2D eigenvalue weighted by atomic mass is 32.1. The molecular formula is C22H21N3O4S. The van der Waals surface area contributed by atoms with Crippen LogP contribution in [0.3, 0.4) is 0 Å². The molecule has 30 heavy (non-hydrogen) atoms. The first-order valence-electron chi connectivity index (χ1n) is 9.56. The Balaban J connectivity index is 1.59. The van der Waals surface area contributed by atoms with Crippen molar-refractivity contribution in [3.05, 3.63) is 53.1 Å². The maximum atomic E-state index is 12.7. The van der Waals surface area contributed by atoms with E-state index in [1.54, 1.807) is 26.8 Å². The highest BCUT2D eigenvalue weighted by Gasteiger charge is 2.42. The summed E-state index contributed by atoms with van der Waals surface area (Å²) >= 11 is 1.34. The van der Waals surface area contributed by atoms with Crippen LogP contribution in [0, 0.1) is 0 Å². The van der Waals surface area contributed by atoms with Gasteiger partial charge < -0.3 is 4.74 Å². The van der Waals surface area contributed by atoms with Gasteiger partial charge in [-0.2, -0.15) is 0 Å². The van der Waals surface area contributed by atoms with Crippen LogP contribution in [0.1, 0.15) is 58.8 Å². The molecule has 8 heteroatoms. The standard InChI is InChI=1S/C22H21N3O4S/c1-5-29-13-7-9-16-17(11-13)30-21(23-16)24-18(26)12-6-8-14-15(10-12)20(28)25(19(14)27)22(2,3)4/h6-11H,5H2,1-4H3,(H,23,24,26). The van der Waals surface area contributed by atoms with E-state index in [2.05, 4.69) is 10.3 Å². The fourth-order valence-electron chi connectivity index (χ4n) is 3.38. The molecule has 3 aromatic rings. The fraction of sp³-hybridized carbons (Fsp3) is 0.273. The van der Waals surface area contributed by atoms with Gasteiger partial charge in [0, 0.05) is 11.1 Å². The lowest BCUT2D eigenvalue weighted by molar-refractivity contribution is 0.0507. The number of amides is 3. The Kier molecular flexibility index (Phi) is 4.82. The van der Waals surface area contributed by atoms with Gasteiger partial charge in [0.15, 0.2) is 5.13 Å². The molecular weight excluding hydrogens is 402 g/mol. The molecule has 7 nitrogen and oxygen atoms in total. The second-order valence-corrected chi connectivity index (χ2v) is 8.94. The molecule has 0 saturated carbocycles. The average molecular weight is 423 g/mol. The molecule has 1 N–H and O–H groups in total. The summed E-state index contributed by atoms with van der Waals surface area (Å²) in [5.41, 5.74) is 0.967. The van der Waals surface area contributed by atoms with Crippen molar-refractivity contribution in [2.75, 3.05) is 11.9 Å². The number of carbonyl (C=O) groups excluding carboxylic acids is 3. The molecule has 2 heterocycles. The summed E-state index contributed by atoms with van der Waals surface area (Å²) in [4.78, 5) is 43.7. The first-order valence-corrected chi connectivity index (χ1v) is 10.4. The first kappa shape index (κ1) is 20.0. The third kappa shape index (κ3) is 3.43. The third-order valence-corrected chi connectivity index (χ3v) is 5.64. The summed E-state index contributed by atoms with van der Waals surface area (Å²) in [5.74, 6) is -0.376. The van der Waals surface area contributed by atoms with Crippen molar-refractivity contribution < 1.29 is 19.1 Å². The Bertz CT molecular complexity index is 1190. The monoisotopic (exact) mass is 423 g/mol. The molecule has 1 aromatic heterocycles. The number of nitrogens with zero attached hydrogens (tertiary/aromatic N) is 2. The Morgan fingerprint density at radius 3 is 2.53 bits per heavy atom. The van der Waals surface area contributed by atoms with Crippen molar-refractivity contribution in [1.82, 2.24) is 9.88 Å². The van der Waals surface area contributed by atoms with Crippen molar-refractivity contribution in [2.45, 2.75) is 33.2 Å². The zero-order valence-corrected chi connectivity index (χ0v) is 17.9. The van der Waals surface area contributed by atoms with Gasteiger partial charge in [0.1, 0.15) is 5.75 Å². The molecule has 4 rings (SSSR count). The minimum atomic E-state index is -0.642. The SMILES string of the molecule is CCOc1ccc2nc(NC(=O)c3ccc4c(c3)C(=O)N(C(C)(C)C)C4=O)sc2c1. The van der Waals surface area contributed by atoms with Crippen LogP contribution in [-0.4, -0.2) is 39.8 Å². The molecule has 0 spiro atoms. The largest absolute Gasteiger partial charge is 0.494 e. The van der Waals surface area contributed by atoms with Crippen molar-refractivity contribution in [3.8, 4) is 5.75 Å². The third-order valence-electron chi connectivity index (χ3n) is 4.71. The predicted molar refractivity (Wildman–Crippen MR) is 115 cm³/mol. The number of rotatable bonds is 4. The van der Waals surface area contributed by atoms with Gasteiger partial charge in [-0.15, -0.1) is 0 Å². The van der Waals surface area contributed by atoms with E-state index in [1.165, 1.54) is 28.4 Å². The quantitative estimate of drug-likeness (QED) is 0.631. The van der Waals surface area contributed by atoms with E-state index in [0.717, 1.165) is 16.0 Å². The summed E-state index contributed by atoms with van der Waals surface area (Å²) in [6.07, 6.45) is 0. The fourth-order valence-corrected chi connectivity index (χ4v) is 4.26. The van der Waals surface area contributed by atoms with Gasteiger partial charge in [0.05, 0.1) is 28.0 Å². The van der Waals surface area contributed by atoms with E-state index >= 15 is 0 Å². The second-order valence-electron chi connectivity index (χ2n) is 7.91. The maximum absolute atomic E-state index is 12.7. The van der Waals surface area contributed by atoms with Gasteiger partial charge in [-0.3, -0.25) is 24.6 Å². The van der Waals surface area contributed by atoms with E-state index in [4.69, 9.17) is 4.74 Å². The van der Waals surface area contributed by atoms with Crippen LogP contribution in [0.2, 0.25) is 0 Å². The summed E-state index contributed by atoms with van der Waals surface area (Å²) in [5, 5.41) is 3.22. The number of hydrogen-bond acceptors (Lipinski definition) is 6. The minimum Gasteiger partial charge on any atom is -0.494 e. The number of nitrogens with one attached hydrogen (secondary N) is 1. The van der Waals surface area contributed by atoms with Gasteiger partial charge in [-0.1, -0.05) is 11.3 Å². The Morgan fingerprint density at radius 1 is 1.10 bits per heavy atom. The van der Waals surface area contributed by atoms with Crippen molar-refractivity contribution in [1.29, 1.82) is 0 Å². The van der Waals surface area contributed by atoms with Gasteiger partial charge in [-0.05, 0) is 64.1 Å². The highest BCUT2D eigenvalue weighted by molar-refractivity contribution is 7.22. The number of fused-ring (bicyclic) bond motifs is 2. The van der Waals surface area contributed by atoms with Crippen molar-refractivity contribution in [3.63, 3.8) is 0 Å². The van der Waals surface area contributed by atoms with Crippen LogP contribution < -0.4 is 10.1 Å².